The van der Waals surface area contributed by atoms with Gasteiger partial charge in [-0.1, -0.05) is 0 Å². The number of hydrogen-bond donors (Lipinski definition) is 0. The molecule has 134 valence electrons. The van der Waals surface area contributed by atoms with Crippen molar-refractivity contribution in [1.29, 1.82) is 0 Å². The monoisotopic (exact) mass is 445 g/mol. The molecule has 0 spiro atoms. The second-order valence-corrected chi connectivity index (χ2v) is 10.8. The van der Waals surface area contributed by atoms with Crippen LogP contribution in [0.2, 0.25) is 0 Å². The first-order valence-corrected chi connectivity index (χ1v) is 10.9. The van der Waals surface area contributed by atoms with Gasteiger partial charge in [0.2, 0.25) is 0 Å². The average Bonchev–Trinajstić information content (AvgIpc) is 2.93. The van der Waals surface area contributed by atoms with Gasteiger partial charge in [0.15, 0.2) is 0 Å². The van der Waals surface area contributed by atoms with E-state index < -0.39 is 23.2 Å². The van der Waals surface area contributed by atoms with Gasteiger partial charge in [0.05, 0.1) is 0 Å². The first-order chi connectivity index (χ1) is 10.2. The van der Waals surface area contributed by atoms with E-state index >= 15 is 0 Å². The number of halogens is 2. The van der Waals surface area contributed by atoms with Crippen molar-refractivity contribution in [3.8, 4) is 0 Å². The molecule has 0 aromatic carbocycles. The van der Waals surface area contributed by atoms with Gasteiger partial charge in [-0.05, 0) is 0 Å². The smallest absolute Gasteiger partial charge is 1.00 e. The van der Waals surface area contributed by atoms with Gasteiger partial charge in [-0.15, -0.1) is 0 Å². The molecule has 0 aromatic rings. The Kier molecular flexibility index (Phi) is 10.1. The zero-order chi connectivity index (χ0) is 16.5. The molecule has 0 saturated heterocycles. The van der Waals surface area contributed by atoms with E-state index in [1.165, 1.54) is 25.8 Å². The Hall–Kier alpha value is 0.383. The zero-order valence-electron chi connectivity index (χ0n) is 16.2. The van der Waals surface area contributed by atoms with Crippen LogP contribution in [-0.2, 0) is 23.2 Å². The van der Waals surface area contributed by atoms with Crippen LogP contribution in [0, 0.1) is 5.41 Å². The minimum Gasteiger partial charge on any atom is -1.00 e. The molecule has 0 aromatic heterocycles. The molecule has 0 heterocycles. The van der Waals surface area contributed by atoms with Gasteiger partial charge >= 0.3 is 149 Å². The van der Waals surface area contributed by atoms with Crippen LogP contribution in [0.3, 0.4) is 0 Å². The van der Waals surface area contributed by atoms with Crippen LogP contribution in [0.1, 0.15) is 53.9 Å². The summed E-state index contributed by atoms with van der Waals surface area (Å²) in [4.78, 5) is 2.29. The van der Waals surface area contributed by atoms with E-state index in [9.17, 15) is 0 Å². The van der Waals surface area contributed by atoms with Crippen LogP contribution in [0.15, 0.2) is 41.0 Å². The van der Waals surface area contributed by atoms with Crippen LogP contribution in [-0.4, -0.2) is 25.5 Å². The maximum absolute atomic E-state index is 2.44. The molecular weight excluding hydrogens is 416 g/mol. The molecule has 0 unspecified atom stereocenters. The maximum Gasteiger partial charge on any atom is -1.00 e. The van der Waals surface area contributed by atoms with Crippen LogP contribution >= 0.6 is 0 Å². The molecule has 0 atom stereocenters. The SMILES string of the molecule is CC1=C(C)C(C)(C)[C]([Zr+2][C]2=C(CCCN(C)C)C=CC2)=C1C.[Cl-].[Cl-]. The fourth-order valence-corrected chi connectivity index (χ4v) is 7.84. The molecular formula is C20H31Cl2NZr. The van der Waals surface area contributed by atoms with Crippen molar-refractivity contribution < 1.29 is 48.0 Å². The van der Waals surface area contributed by atoms with Crippen molar-refractivity contribution in [3.63, 3.8) is 0 Å². The fourth-order valence-electron chi connectivity index (χ4n) is 3.50. The molecule has 2 aliphatic carbocycles. The van der Waals surface area contributed by atoms with Crippen LogP contribution < -0.4 is 24.8 Å². The molecule has 1 nitrogen and oxygen atoms in total. The maximum atomic E-state index is 2.44. The summed E-state index contributed by atoms with van der Waals surface area (Å²) < 4.78 is 3.64. The second kappa shape index (κ2) is 9.91. The van der Waals surface area contributed by atoms with Crippen LogP contribution in [0.25, 0.3) is 0 Å². The van der Waals surface area contributed by atoms with Crippen LogP contribution in [0.4, 0.5) is 0 Å². The van der Waals surface area contributed by atoms with Crippen LogP contribution in [0.5, 0.6) is 0 Å². The Labute approximate surface area is 173 Å². The molecule has 0 fully saturated rings. The number of rotatable bonds is 6. The molecule has 2 aliphatic rings. The Morgan fingerprint density at radius 1 is 1.08 bits per heavy atom. The Morgan fingerprint density at radius 3 is 2.21 bits per heavy atom. The molecule has 0 aliphatic heterocycles. The summed E-state index contributed by atoms with van der Waals surface area (Å²) in [5, 5.41) is 0. The summed E-state index contributed by atoms with van der Waals surface area (Å²) in [6.07, 6.45) is 8.59. The minimum absolute atomic E-state index is 0. The van der Waals surface area contributed by atoms with Gasteiger partial charge in [0.1, 0.15) is 0 Å². The topological polar surface area (TPSA) is 3.24 Å². The summed E-state index contributed by atoms with van der Waals surface area (Å²) in [6.45, 7) is 13.1. The Bertz CT molecular complexity index is 580. The minimum atomic E-state index is -0.633. The van der Waals surface area contributed by atoms with Gasteiger partial charge in [0.25, 0.3) is 0 Å². The van der Waals surface area contributed by atoms with E-state index in [4.69, 9.17) is 0 Å². The summed E-state index contributed by atoms with van der Waals surface area (Å²) in [5.74, 6) is 0. The van der Waals surface area contributed by atoms with Crippen molar-refractivity contribution in [2.45, 2.75) is 53.9 Å². The summed E-state index contributed by atoms with van der Waals surface area (Å²) >= 11 is -0.633. The van der Waals surface area contributed by atoms with E-state index in [1.54, 1.807) is 22.3 Å². The van der Waals surface area contributed by atoms with E-state index in [0.29, 0.717) is 5.41 Å². The van der Waals surface area contributed by atoms with Gasteiger partial charge in [-0.2, -0.15) is 0 Å². The van der Waals surface area contributed by atoms with Crippen molar-refractivity contribution >= 4 is 0 Å². The van der Waals surface area contributed by atoms with Gasteiger partial charge in [-0.3, -0.25) is 0 Å². The number of hydrogen-bond acceptors (Lipinski definition) is 1. The average molecular weight is 448 g/mol. The third-order valence-corrected chi connectivity index (χ3v) is 10.5. The molecule has 0 radical (unpaired) electrons. The molecule has 0 N–H and O–H groups in total. The Morgan fingerprint density at radius 2 is 1.71 bits per heavy atom. The van der Waals surface area contributed by atoms with E-state index in [1.807, 2.05) is 6.56 Å². The van der Waals surface area contributed by atoms with Crippen molar-refractivity contribution in [3.05, 3.63) is 41.0 Å². The van der Waals surface area contributed by atoms with Crippen molar-refractivity contribution in [2.75, 3.05) is 20.6 Å². The third kappa shape index (κ3) is 5.20. The predicted octanol–water partition coefficient (Wildman–Crippen LogP) is -0.717. The van der Waals surface area contributed by atoms with E-state index in [0.717, 1.165) is 0 Å². The fraction of sp³-hybridized carbons (Fsp3) is 0.600. The first-order valence-electron chi connectivity index (χ1n) is 8.45. The number of nitrogens with zero attached hydrogens (tertiary/aromatic N) is 1. The molecule has 0 saturated carbocycles. The zero-order valence-corrected chi connectivity index (χ0v) is 20.2. The molecule has 4 heteroatoms. The van der Waals surface area contributed by atoms with Gasteiger partial charge < -0.3 is 24.8 Å². The van der Waals surface area contributed by atoms with E-state index in [2.05, 4.69) is 65.8 Å². The normalized spacial score (nSPS) is 19.0. The summed E-state index contributed by atoms with van der Waals surface area (Å²) in [7, 11) is 4.34. The largest absolute Gasteiger partial charge is 1.00 e. The first kappa shape index (κ1) is 24.4. The van der Waals surface area contributed by atoms with Crippen molar-refractivity contribution in [2.24, 2.45) is 5.41 Å². The standard InChI is InChI=1S/C10H16N.C10H15.2ClH.Zr/c1-11(2)9-5-8-10-6-3-4-7-10;1-7-6-10(4,5)9(3)8(7)2;;;/h3,6H,4-5,8-9H2,1-2H3;1-5H3;2*1H;/q;;;;+2/p-2. The number of allylic oxidation sites excluding steroid dienone is 8. The second-order valence-electron chi connectivity index (χ2n) is 7.52. The van der Waals surface area contributed by atoms with Gasteiger partial charge in [-0.25, -0.2) is 0 Å². The Balaban J connectivity index is 0.00000264. The van der Waals surface area contributed by atoms with E-state index in [-0.39, 0.29) is 24.8 Å². The molecule has 24 heavy (non-hydrogen) atoms. The quantitative estimate of drug-likeness (QED) is 0.520. The summed E-state index contributed by atoms with van der Waals surface area (Å²) in [6, 6.07) is 0. The molecule has 0 bridgehead atoms. The summed E-state index contributed by atoms with van der Waals surface area (Å²) in [5.41, 5.74) is 6.75. The molecule has 0 amide bonds. The predicted molar refractivity (Wildman–Crippen MR) is 93.4 cm³/mol. The van der Waals surface area contributed by atoms with Crippen molar-refractivity contribution in [1.82, 2.24) is 4.90 Å². The third-order valence-electron chi connectivity index (χ3n) is 5.42. The molecule has 2 rings (SSSR count). The van der Waals surface area contributed by atoms with Gasteiger partial charge in [0, 0.05) is 0 Å².